The standard InChI is InChI=1S/C32H30Cl2FN3O5/c1-17-10-25(30(39)40)37-27-20(17)11-19(12-24(27)35)41-16-31-4-7-32(8-5-31,9-6-31)42-15-21-28(38-43-29(21)18-2-3-18)26-22(33)13-36-14-23(26)34/h10-14,18H,2-9,15-16H2,1H3,(H,39,40). The van der Waals surface area contributed by atoms with Crippen LogP contribution < -0.4 is 4.74 Å². The first kappa shape index (κ1) is 28.5. The van der Waals surface area contributed by atoms with Crippen molar-refractivity contribution in [1.82, 2.24) is 15.1 Å². The van der Waals surface area contributed by atoms with Crippen LogP contribution in [0.15, 0.2) is 35.1 Å². The molecule has 4 aliphatic carbocycles. The van der Waals surface area contributed by atoms with E-state index < -0.39 is 11.8 Å². The van der Waals surface area contributed by atoms with Crippen molar-refractivity contribution in [3.8, 4) is 17.0 Å². The van der Waals surface area contributed by atoms with E-state index in [9.17, 15) is 14.3 Å². The molecule has 0 atom stereocenters. The third-order valence-electron chi connectivity index (χ3n) is 9.52. The lowest BCUT2D eigenvalue weighted by atomic mass is 9.59. The van der Waals surface area contributed by atoms with Gasteiger partial charge in [-0.3, -0.25) is 4.98 Å². The maximum absolute atomic E-state index is 15.0. The van der Waals surface area contributed by atoms with Gasteiger partial charge in [0.15, 0.2) is 5.82 Å². The van der Waals surface area contributed by atoms with Gasteiger partial charge in [-0.1, -0.05) is 28.4 Å². The predicted octanol–water partition coefficient (Wildman–Crippen LogP) is 8.30. The Morgan fingerprint density at radius 2 is 1.79 bits per heavy atom. The zero-order valence-corrected chi connectivity index (χ0v) is 25.1. The van der Waals surface area contributed by atoms with Crippen molar-refractivity contribution in [2.24, 2.45) is 5.41 Å². The fraction of sp³-hybridized carbons (Fsp3) is 0.438. The van der Waals surface area contributed by atoms with Crippen LogP contribution in [-0.4, -0.2) is 38.4 Å². The van der Waals surface area contributed by atoms with E-state index in [4.69, 9.17) is 37.2 Å². The van der Waals surface area contributed by atoms with Crippen LogP contribution in [0, 0.1) is 18.2 Å². The fourth-order valence-corrected chi connectivity index (χ4v) is 7.25. The minimum Gasteiger partial charge on any atom is -0.493 e. The number of ether oxygens (including phenoxy) is 2. The molecule has 0 saturated heterocycles. The summed E-state index contributed by atoms with van der Waals surface area (Å²) in [7, 11) is 0. The number of carbonyl (C=O) groups is 1. The summed E-state index contributed by atoms with van der Waals surface area (Å²) in [4.78, 5) is 19.4. The van der Waals surface area contributed by atoms with Crippen LogP contribution in [0.3, 0.4) is 0 Å². The largest absolute Gasteiger partial charge is 0.493 e. The van der Waals surface area contributed by atoms with Gasteiger partial charge in [0, 0.05) is 46.3 Å². The van der Waals surface area contributed by atoms with Gasteiger partial charge in [0.1, 0.15) is 28.4 Å². The molecule has 3 aromatic heterocycles. The zero-order chi connectivity index (χ0) is 29.9. The number of carboxylic acids is 1. The Kier molecular flexibility index (Phi) is 7.10. The maximum atomic E-state index is 15.0. The van der Waals surface area contributed by atoms with Gasteiger partial charge < -0.3 is 19.1 Å². The Hall–Kier alpha value is -3.27. The van der Waals surface area contributed by atoms with Gasteiger partial charge in [-0.2, -0.15) is 0 Å². The molecule has 0 radical (unpaired) electrons. The summed E-state index contributed by atoms with van der Waals surface area (Å²) in [5, 5.41) is 15.0. The van der Waals surface area contributed by atoms with Gasteiger partial charge in [0.2, 0.25) is 0 Å². The van der Waals surface area contributed by atoms with Gasteiger partial charge in [-0.05, 0) is 76.0 Å². The third kappa shape index (κ3) is 5.25. The molecule has 4 fully saturated rings. The Bertz CT molecular complexity index is 1710. The highest BCUT2D eigenvalue weighted by Gasteiger charge is 2.50. The quantitative estimate of drug-likeness (QED) is 0.198. The number of halogens is 3. The highest BCUT2D eigenvalue weighted by molar-refractivity contribution is 6.38. The molecule has 3 heterocycles. The Balaban J connectivity index is 1.04. The second-order valence-electron chi connectivity index (χ2n) is 12.3. The lowest BCUT2D eigenvalue weighted by Crippen LogP contribution is -2.49. The molecule has 0 aliphatic heterocycles. The van der Waals surface area contributed by atoms with E-state index in [-0.39, 0.29) is 22.2 Å². The summed E-state index contributed by atoms with van der Waals surface area (Å²) >= 11 is 13.0. The molecule has 8 rings (SSSR count). The summed E-state index contributed by atoms with van der Waals surface area (Å²) in [6, 6.07) is 4.49. The minimum absolute atomic E-state index is 0.00335. The molecule has 4 saturated carbocycles. The number of hydrogen-bond donors (Lipinski definition) is 1. The average Bonchev–Trinajstić information content (AvgIpc) is 3.76. The first-order valence-electron chi connectivity index (χ1n) is 14.5. The molecule has 0 spiro atoms. The molecule has 43 heavy (non-hydrogen) atoms. The van der Waals surface area contributed by atoms with E-state index in [1.807, 2.05) is 0 Å². The molecular weight excluding hydrogens is 596 g/mol. The number of rotatable bonds is 9. The zero-order valence-electron chi connectivity index (χ0n) is 23.6. The lowest BCUT2D eigenvalue weighted by molar-refractivity contribution is -0.150. The first-order valence-corrected chi connectivity index (χ1v) is 15.3. The van der Waals surface area contributed by atoms with Crippen molar-refractivity contribution < 1.29 is 28.3 Å². The predicted molar refractivity (Wildman–Crippen MR) is 158 cm³/mol. The van der Waals surface area contributed by atoms with Crippen molar-refractivity contribution in [1.29, 1.82) is 0 Å². The smallest absolute Gasteiger partial charge is 0.354 e. The molecular formula is C32H30Cl2FN3O5. The molecule has 4 aromatic rings. The number of hydrogen-bond acceptors (Lipinski definition) is 7. The van der Waals surface area contributed by atoms with Gasteiger partial charge in [0.25, 0.3) is 0 Å². The van der Waals surface area contributed by atoms with Gasteiger partial charge in [-0.25, -0.2) is 14.2 Å². The molecule has 224 valence electrons. The van der Waals surface area contributed by atoms with Crippen LogP contribution in [0.2, 0.25) is 10.0 Å². The third-order valence-corrected chi connectivity index (χ3v) is 10.1. The van der Waals surface area contributed by atoms with E-state index >= 15 is 0 Å². The van der Waals surface area contributed by atoms with Crippen LogP contribution in [-0.2, 0) is 11.3 Å². The van der Waals surface area contributed by atoms with Crippen molar-refractivity contribution in [3.05, 3.63) is 69.0 Å². The molecule has 1 N–H and O–H groups in total. The monoisotopic (exact) mass is 625 g/mol. The van der Waals surface area contributed by atoms with Crippen LogP contribution in [0.4, 0.5) is 4.39 Å². The van der Waals surface area contributed by atoms with Crippen LogP contribution >= 0.6 is 23.2 Å². The highest BCUT2D eigenvalue weighted by atomic mass is 35.5. The molecule has 11 heteroatoms. The van der Waals surface area contributed by atoms with Gasteiger partial charge >= 0.3 is 5.97 Å². The normalized spacial score (nSPS) is 23.2. The number of nitrogens with zero attached hydrogens (tertiary/aromatic N) is 3. The summed E-state index contributed by atoms with van der Waals surface area (Å²) in [5.74, 6) is -0.155. The SMILES string of the molecule is Cc1cc(C(=O)O)nc2c(F)cc(OCC34CCC(OCc5c(-c6c(Cl)cncc6Cl)noc5C5CC5)(CC3)CC4)cc12. The highest BCUT2D eigenvalue weighted by Crippen LogP contribution is 2.55. The second-order valence-corrected chi connectivity index (χ2v) is 13.1. The summed E-state index contributed by atoms with van der Waals surface area (Å²) in [5.41, 5.74) is 2.41. The summed E-state index contributed by atoms with van der Waals surface area (Å²) in [6.07, 6.45) is 10.8. The van der Waals surface area contributed by atoms with Crippen molar-refractivity contribution in [3.63, 3.8) is 0 Å². The summed E-state index contributed by atoms with van der Waals surface area (Å²) in [6.45, 7) is 2.60. The minimum atomic E-state index is -1.19. The molecule has 0 amide bonds. The Morgan fingerprint density at radius 1 is 1.09 bits per heavy atom. The van der Waals surface area contributed by atoms with Gasteiger partial charge in [0.05, 0.1) is 28.9 Å². The second kappa shape index (κ2) is 10.7. The van der Waals surface area contributed by atoms with Gasteiger partial charge in [-0.15, -0.1) is 0 Å². The number of carboxylic acid groups (broad SMARTS) is 1. The number of aromatic nitrogens is 3. The number of pyridine rings is 2. The van der Waals surface area contributed by atoms with E-state index in [0.717, 1.165) is 62.7 Å². The van der Waals surface area contributed by atoms with E-state index in [2.05, 4.69) is 15.1 Å². The molecule has 4 aliphatic rings. The van der Waals surface area contributed by atoms with E-state index in [0.29, 0.717) is 57.1 Å². The number of fused-ring (bicyclic) bond motifs is 4. The van der Waals surface area contributed by atoms with E-state index in [1.165, 1.54) is 12.1 Å². The Morgan fingerprint density at radius 3 is 2.44 bits per heavy atom. The summed E-state index contributed by atoms with van der Waals surface area (Å²) < 4.78 is 33.7. The van der Waals surface area contributed by atoms with E-state index in [1.54, 1.807) is 25.4 Å². The van der Waals surface area contributed by atoms with Crippen LogP contribution in [0.1, 0.15) is 84.7 Å². The van der Waals surface area contributed by atoms with Crippen molar-refractivity contribution in [2.45, 2.75) is 76.4 Å². The fourth-order valence-electron chi connectivity index (χ4n) is 6.70. The number of benzene rings is 1. The van der Waals surface area contributed by atoms with Crippen molar-refractivity contribution >= 4 is 40.1 Å². The van der Waals surface area contributed by atoms with Crippen LogP contribution in [0.5, 0.6) is 5.75 Å². The molecule has 2 bridgehead atoms. The first-order chi connectivity index (χ1) is 20.7. The molecule has 1 aromatic carbocycles. The maximum Gasteiger partial charge on any atom is 0.354 e. The molecule has 8 nitrogen and oxygen atoms in total. The number of aryl methyl sites for hydroxylation is 1. The van der Waals surface area contributed by atoms with Crippen LogP contribution in [0.25, 0.3) is 22.2 Å². The molecule has 0 unspecified atom stereocenters. The average molecular weight is 627 g/mol. The van der Waals surface area contributed by atoms with Crippen molar-refractivity contribution in [2.75, 3.05) is 6.61 Å². The topological polar surface area (TPSA) is 108 Å². The Labute approximate surface area is 257 Å². The lowest BCUT2D eigenvalue weighted by Gasteiger charge is -2.52. The number of aromatic carboxylic acids is 1.